The van der Waals surface area contributed by atoms with Gasteiger partial charge in [-0.05, 0) is 46.6 Å². The van der Waals surface area contributed by atoms with E-state index in [1.165, 1.54) is 13.2 Å². The van der Waals surface area contributed by atoms with Crippen molar-refractivity contribution in [3.63, 3.8) is 0 Å². The van der Waals surface area contributed by atoms with Crippen LogP contribution in [-0.2, 0) is 16.6 Å². The highest BCUT2D eigenvalue weighted by Gasteiger charge is 2.22. The summed E-state index contributed by atoms with van der Waals surface area (Å²) >= 11 is 9.17. The molecule has 0 unspecified atom stereocenters. The van der Waals surface area contributed by atoms with Gasteiger partial charge in [0.2, 0.25) is 10.0 Å². The molecule has 1 aromatic carbocycles. The average molecular weight is 406 g/mol. The number of pyridine rings is 1. The number of hydrogen-bond acceptors (Lipinski definition) is 4. The van der Waals surface area contributed by atoms with Crippen molar-refractivity contribution in [2.75, 3.05) is 7.11 Å². The maximum absolute atomic E-state index is 12.5. The Kier molecular flexibility index (Phi) is 5.44. The fourth-order valence-corrected chi connectivity index (χ4v) is 4.19. The van der Waals surface area contributed by atoms with E-state index in [9.17, 15) is 8.42 Å². The SMILES string of the molecule is COc1c(Br)cc(Cl)cc1S(=O)(=O)NCc1ccc(C)nc1. The molecule has 0 radical (unpaired) electrons. The number of nitrogens with one attached hydrogen (secondary N) is 1. The fraction of sp³-hybridized carbons (Fsp3) is 0.214. The molecule has 8 heteroatoms. The molecule has 0 fully saturated rings. The number of rotatable bonds is 5. The predicted molar refractivity (Wildman–Crippen MR) is 88.7 cm³/mol. The van der Waals surface area contributed by atoms with E-state index in [1.54, 1.807) is 12.3 Å². The van der Waals surface area contributed by atoms with Crippen molar-refractivity contribution in [1.29, 1.82) is 0 Å². The summed E-state index contributed by atoms with van der Waals surface area (Å²) in [5.74, 6) is 0.207. The summed E-state index contributed by atoms with van der Waals surface area (Å²) in [7, 11) is -2.37. The average Bonchev–Trinajstić information content (AvgIpc) is 2.46. The van der Waals surface area contributed by atoms with E-state index < -0.39 is 10.0 Å². The van der Waals surface area contributed by atoms with Crippen molar-refractivity contribution < 1.29 is 13.2 Å². The van der Waals surface area contributed by atoms with Gasteiger partial charge in [-0.3, -0.25) is 4.98 Å². The monoisotopic (exact) mass is 404 g/mol. The molecule has 0 bridgehead atoms. The van der Waals surface area contributed by atoms with E-state index in [0.717, 1.165) is 11.3 Å². The largest absolute Gasteiger partial charge is 0.494 e. The van der Waals surface area contributed by atoms with Gasteiger partial charge in [-0.15, -0.1) is 0 Å². The van der Waals surface area contributed by atoms with Crippen LogP contribution < -0.4 is 9.46 Å². The smallest absolute Gasteiger partial charge is 0.244 e. The Bertz CT molecular complexity index is 779. The van der Waals surface area contributed by atoms with Crippen molar-refractivity contribution in [3.8, 4) is 5.75 Å². The fourth-order valence-electron chi connectivity index (χ4n) is 1.79. The van der Waals surface area contributed by atoms with Gasteiger partial charge in [-0.1, -0.05) is 17.7 Å². The zero-order valence-electron chi connectivity index (χ0n) is 11.9. The number of ether oxygens (including phenoxy) is 1. The normalized spacial score (nSPS) is 11.5. The van der Waals surface area contributed by atoms with Crippen LogP contribution in [-0.4, -0.2) is 20.5 Å². The Morgan fingerprint density at radius 3 is 2.68 bits per heavy atom. The molecule has 2 rings (SSSR count). The van der Waals surface area contributed by atoms with Gasteiger partial charge >= 0.3 is 0 Å². The van der Waals surface area contributed by atoms with Crippen molar-refractivity contribution in [2.24, 2.45) is 0 Å². The minimum absolute atomic E-state index is 0.0190. The summed E-state index contributed by atoms with van der Waals surface area (Å²) in [5.41, 5.74) is 1.63. The standard InChI is InChI=1S/C14H14BrClN2O3S/c1-9-3-4-10(7-17-9)8-18-22(19,20)13-6-11(16)5-12(15)14(13)21-2/h3-7,18H,8H2,1-2H3. The maximum atomic E-state index is 12.5. The summed E-state index contributed by atoms with van der Waals surface area (Å²) in [4.78, 5) is 4.11. The summed E-state index contributed by atoms with van der Waals surface area (Å²) in [6, 6.07) is 6.56. The first-order chi connectivity index (χ1) is 10.3. The molecule has 0 aliphatic rings. The third kappa shape index (κ3) is 3.98. The molecule has 0 amide bonds. The molecule has 22 heavy (non-hydrogen) atoms. The molecule has 1 N–H and O–H groups in total. The van der Waals surface area contributed by atoms with E-state index in [4.69, 9.17) is 16.3 Å². The molecule has 5 nitrogen and oxygen atoms in total. The highest BCUT2D eigenvalue weighted by Crippen LogP contribution is 2.35. The number of aromatic nitrogens is 1. The first kappa shape index (κ1) is 17.2. The number of aryl methyl sites for hydroxylation is 1. The number of sulfonamides is 1. The van der Waals surface area contributed by atoms with Crippen molar-refractivity contribution >= 4 is 37.6 Å². The first-order valence-corrected chi connectivity index (χ1v) is 8.93. The van der Waals surface area contributed by atoms with Gasteiger partial charge in [-0.25, -0.2) is 13.1 Å². The lowest BCUT2D eigenvalue weighted by molar-refractivity contribution is 0.399. The third-order valence-corrected chi connectivity index (χ3v) is 5.12. The highest BCUT2D eigenvalue weighted by molar-refractivity contribution is 9.10. The first-order valence-electron chi connectivity index (χ1n) is 6.27. The van der Waals surface area contributed by atoms with Crippen LogP contribution in [0.2, 0.25) is 5.02 Å². The zero-order valence-corrected chi connectivity index (χ0v) is 15.1. The van der Waals surface area contributed by atoms with Crippen LogP contribution in [0.15, 0.2) is 39.8 Å². The Morgan fingerprint density at radius 1 is 1.36 bits per heavy atom. The molecule has 1 aromatic heterocycles. The lowest BCUT2D eigenvalue weighted by atomic mass is 10.2. The second-order valence-corrected chi connectivity index (χ2v) is 7.58. The lowest BCUT2D eigenvalue weighted by Gasteiger charge is -2.12. The number of methoxy groups -OCH3 is 1. The summed E-state index contributed by atoms with van der Waals surface area (Å²) in [6.45, 7) is 1.99. The number of halogens is 2. The zero-order chi connectivity index (χ0) is 16.3. The summed E-state index contributed by atoms with van der Waals surface area (Å²) in [6.07, 6.45) is 1.63. The molecule has 2 aromatic rings. The van der Waals surface area contributed by atoms with E-state index >= 15 is 0 Å². The van der Waals surface area contributed by atoms with E-state index in [0.29, 0.717) is 9.50 Å². The van der Waals surface area contributed by atoms with Gasteiger partial charge in [-0.2, -0.15) is 0 Å². The molecule has 0 saturated carbocycles. The maximum Gasteiger partial charge on any atom is 0.244 e. The predicted octanol–water partition coefficient (Wildman–Crippen LogP) is 3.29. The Balaban J connectivity index is 2.29. The van der Waals surface area contributed by atoms with Crippen LogP contribution in [0.3, 0.4) is 0 Å². The van der Waals surface area contributed by atoms with Crippen LogP contribution in [0.5, 0.6) is 5.75 Å². The lowest BCUT2D eigenvalue weighted by Crippen LogP contribution is -2.24. The minimum Gasteiger partial charge on any atom is -0.494 e. The number of nitrogens with zero attached hydrogens (tertiary/aromatic N) is 1. The summed E-state index contributed by atoms with van der Waals surface area (Å²) in [5, 5.41) is 0.296. The molecule has 1 heterocycles. The van der Waals surface area contributed by atoms with Crippen molar-refractivity contribution in [1.82, 2.24) is 9.71 Å². The van der Waals surface area contributed by atoms with Crippen molar-refractivity contribution in [3.05, 3.63) is 51.2 Å². The molecule has 0 spiro atoms. The highest BCUT2D eigenvalue weighted by atomic mass is 79.9. The quantitative estimate of drug-likeness (QED) is 0.829. The van der Waals surface area contributed by atoms with Gasteiger partial charge in [0.25, 0.3) is 0 Å². The van der Waals surface area contributed by atoms with Gasteiger partial charge < -0.3 is 4.74 Å². The van der Waals surface area contributed by atoms with E-state index in [1.807, 2.05) is 19.1 Å². The number of hydrogen-bond donors (Lipinski definition) is 1. The van der Waals surface area contributed by atoms with Gasteiger partial charge in [0.1, 0.15) is 4.90 Å². The molecular formula is C14H14BrClN2O3S. The molecule has 0 atom stereocenters. The molecule has 0 saturated heterocycles. The third-order valence-electron chi connectivity index (χ3n) is 2.91. The van der Waals surface area contributed by atoms with Crippen LogP contribution in [0.4, 0.5) is 0 Å². The van der Waals surface area contributed by atoms with Crippen LogP contribution >= 0.6 is 27.5 Å². The topological polar surface area (TPSA) is 68.3 Å². The van der Waals surface area contributed by atoms with Crippen LogP contribution in [0, 0.1) is 6.92 Å². The molecule has 118 valence electrons. The van der Waals surface area contributed by atoms with Crippen LogP contribution in [0.25, 0.3) is 0 Å². The van der Waals surface area contributed by atoms with Gasteiger partial charge in [0, 0.05) is 23.5 Å². The second kappa shape index (κ2) is 6.95. The Labute approximate surface area is 142 Å². The molecule has 0 aliphatic heterocycles. The number of benzene rings is 1. The van der Waals surface area contributed by atoms with Crippen molar-refractivity contribution in [2.45, 2.75) is 18.4 Å². The molecular weight excluding hydrogens is 392 g/mol. The Hall–Kier alpha value is -1.15. The molecule has 0 aliphatic carbocycles. The van der Waals surface area contributed by atoms with Gasteiger partial charge in [0.05, 0.1) is 11.6 Å². The Morgan fingerprint density at radius 2 is 2.09 bits per heavy atom. The van der Waals surface area contributed by atoms with Crippen LogP contribution in [0.1, 0.15) is 11.3 Å². The minimum atomic E-state index is -3.77. The van der Waals surface area contributed by atoms with E-state index in [-0.39, 0.29) is 17.2 Å². The second-order valence-electron chi connectivity index (χ2n) is 4.55. The summed E-state index contributed by atoms with van der Waals surface area (Å²) < 4.78 is 33.1. The van der Waals surface area contributed by atoms with E-state index in [2.05, 4.69) is 25.6 Å². The van der Waals surface area contributed by atoms with Gasteiger partial charge in [0.15, 0.2) is 5.75 Å².